The molecule has 7 nitrogen and oxygen atoms in total. The summed E-state index contributed by atoms with van der Waals surface area (Å²) >= 11 is 0. The Bertz CT molecular complexity index is 955. The van der Waals surface area contributed by atoms with Gasteiger partial charge in [0.2, 0.25) is 0 Å². The fourth-order valence-corrected chi connectivity index (χ4v) is 3.02. The minimum absolute atomic E-state index is 0.0295. The fourth-order valence-electron chi connectivity index (χ4n) is 3.02. The molecule has 1 aliphatic heterocycles. The number of carboxylic acid groups (broad SMARTS) is 1. The van der Waals surface area contributed by atoms with Crippen molar-refractivity contribution in [2.24, 2.45) is 5.41 Å². The first-order valence-corrected chi connectivity index (χ1v) is 9.39. The molecule has 1 aliphatic rings. The van der Waals surface area contributed by atoms with Gasteiger partial charge in [0, 0.05) is 12.3 Å². The Morgan fingerprint density at radius 2 is 1.86 bits per heavy atom. The highest BCUT2D eigenvalue weighted by Gasteiger charge is 2.44. The van der Waals surface area contributed by atoms with Crippen LogP contribution >= 0.6 is 0 Å². The lowest BCUT2D eigenvalue weighted by atomic mass is 9.87. The van der Waals surface area contributed by atoms with Crippen molar-refractivity contribution in [3.05, 3.63) is 47.7 Å². The van der Waals surface area contributed by atoms with Crippen molar-refractivity contribution in [2.45, 2.75) is 39.6 Å². The predicted octanol–water partition coefficient (Wildman–Crippen LogP) is 3.73. The van der Waals surface area contributed by atoms with Crippen LogP contribution in [0.5, 0.6) is 0 Å². The van der Waals surface area contributed by atoms with Crippen LogP contribution in [-0.4, -0.2) is 41.0 Å². The number of carbonyl (C=O) groups is 2. The second-order valence-corrected chi connectivity index (χ2v) is 7.71. The minimum Gasteiger partial charge on any atom is -0.480 e. The number of benzene rings is 1. The maximum atomic E-state index is 11.9. The molecule has 1 aromatic carbocycles. The van der Waals surface area contributed by atoms with Gasteiger partial charge in [0.1, 0.15) is 11.5 Å². The maximum absolute atomic E-state index is 11.9. The van der Waals surface area contributed by atoms with Crippen molar-refractivity contribution in [2.75, 3.05) is 13.2 Å². The second kappa shape index (κ2) is 7.93. The number of ether oxygens (including phenoxy) is 3. The van der Waals surface area contributed by atoms with Gasteiger partial charge in [-0.15, -0.1) is 0 Å². The average Bonchev–Trinajstić information content (AvgIpc) is 2.66. The molecule has 2 aromatic rings. The van der Waals surface area contributed by atoms with E-state index in [4.69, 9.17) is 14.2 Å². The van der Waals surface area contributed by atoms with E-state index in [-0.39, 0.29) is 19.2 Å². The molecular weight excluding hydrogens is 374 g/mol. The summed E-state index contributed by atoms with van der Waals surface area (Å²) in [6.45, 7) is 6.69. The van der Waals surface area contributed by atoms with Crippen molar-refractivity contribution in [1.82, 2.24) is 4.98 Å². The molecule has 0 bridgehead atoms. The third-order valence-corrected chi connectivity index (χ3v) is 4.87. The van der Waals surface area contributed by atoms with Crippen LogP contribution in [0, 0.1) is 5.41 Å². The summed E-state index contributed by atoms with van der Waals surface area (Å²) in [5, 5.41) is 10.6. The first-order valence-electron chi connectivity index (χ1n) is 9.39. The molecule has 1 aromatic heterocycles. The number of carboxylic acids is 1. The van der Waals surface area contributed by atoms with E-state index in [1.165, 1.54) is 6.92 Å². The number of fused-ring (bicyclic) bond motifs is 1. The number of carbonyl (C=O) groups excluding carboxylic acids is 1. The maximum Gasteiger partial charge on any atom is 0.318 e. The van der Waals surface area contributed by atoms with Gasteiger partial charge in [0.15, 0.2) is 5.79 Å². The summed E-state index contributed by atoms with van der Waals surface area (Å²) in [6, 6.07) is 9.39. The monoisotopic (exact) mass is 399 g/mol. The van der Waals surface area contributed by atoms with E-state index in [9.17, 15) is 14.7 Å². The molecule has 7 heteroatoms. The summed E-state index contributed by atoms with van der Waals surface area (Å²) in [4.78, 5) is 27.6. The fraction of sp³-hybridized carbons (Fsp3) is 0.409. The number of esters is 1. The minimum atomic E-state index is -1.25. The highest BCUT2D eigenvalue weighted by Crippen LogP contribution is 2.32. The SMILES string of the molecule is CC(=O)O[C@H](C)c1ccc2ccc(/C=C/C3(C(=O)O)COC(C)(C)OC3)cc2n1. The molecule has 0 saturated carbocycles. The van der Waals surface area contributed by atoms with Crippen LogP contribution in [0.1, 0.15) is 45.1 Å². The Hall–Kier alpha value is -2.77. The van der Waals surface area contributed by atoms with Crippen molar-refractivity contribution < 1.29 is 28.9 Å². The van der Waals surface area contributed by atoms with Gasteiger partial charge in [-0.05, 0) is 38.5 Å². The highest BCUT2D eigenvalue weighted by molar-refractivity contribution is 5.83. The predicted molar refractivity (Wildman–Crippen MR) is 107 cm³/mol. The Balaban J connectivity index is 1.87. The number of pyridine rings is 1. The quantitative estimate of drug-likeness (QED) is 0.766. The molecule has 1 N–H and O–H groups in total. The molecule has 0 aliphatic carbocycles. The molecule has 1 fully saturated rings. The summed E-state index contributed by atoms with van der Waals surface area (Å²) in [6.07, 6.45) is 2.89. The summed E-state index contributed by atoms with van der Waals surface area (Å²) in [7, 11) is 0. The van der Waals surface area contributed by atoms with Crippen molar-refractivity contribution in [3.8, 4) is 0 Å². The Kier molecular flexibility index (Phi) is 5.73. The Morgan fingerprint density at radius 1 is 1.21 bits per heavy atom. The zero-order chi connectivity index (χ0) is 21.2. The standard InChI is InChI=1S/C22H25NO6/c1-14(29-15(2)24)18-8-7-17-6-5-16(11-19(17)23-18)9-10-22(20(25)26)12-27-21(3,4)28-13-22/h5-11,14H,12-13H2,1-4H3,(H,25,26)/b10-9+/t14-/m1/s1. The van der Waals surface area contributed by atoms with Gasteiger partial charge in [-0.3, -0.25) is 9.59 Å². The van der Waals surface area contributed by atoms with E-state index in [1.54, 1.807) is 32.9 Å². The van der Waals surface area contributed by atoms with Crippen LogP contribution in [0.4, 0.5) is 0 Å². The normalized spacial score (nSPS) is 19.2. The van der Waals surface area contributed by atoms with Gasteiger partial charge in [-0.2, -0.15) is 0 Å². The third kappa shape index (κ3) is 4.81. The summed E-state index contributed by atoms with van der Waals surface area (Å²) in [5.74, 6) is -2.16. The number of nitrogens with zero attached hydrogens (tertiary/aromatic N) is 1. The van der Waals surface area contributed by atoms with Crippen molar-refractivity contribution in [3.63, 3.8) is 0 Å². The van der Waals surface area contributed by atoms with Gasteiger partial charge < -0.3 is 19.3 Å². The smallest absolute Gasteiger partial charge is 0.318 e. The first kappa shape index (κ1) is 21.0. The lowest BCUT2D eigenvalue weighted by molar-refractivity contribution is -0.275. The number of aliphatic carboxylic acids is 1. The highest BCUT2D eigenvalue weighted by atomic mass is 16.7. The lowest BCUT2D eigenvalue weighted by Crippen LogP contribution is -2.49. The van der Waals surface area contributed by atoms with E-state index in [0.717, 1.165) is 16.5 Å². The third-order valence-electron chi connectivity index (χ3n) is 4.87. The van der Waals surface area contributed by atoms with Crippen LogP contribution in [0.2, 0.25) is 0 Å². The molecule has 154 valence electrons. The first-order chi connectivity index (χ1) is 13.6. The Morgan fingerprint density at radius 3 is 2.48 bits per heavy atom. The largest absolute Gasteiger partial charge is 0.480 e. The van der Waals surface area contributed by atoms with Gasteiger partial charge in [0.05, 0.1) is 24.4 Å². The zero-order valence-corrected chi connectivity index (χ0v) is 17.0. The van der Waals surface area contributed by atoms with Gasteiger partial charge in [-0.1, -0.05) is 30.4 Å². The molecular formula is C22H25NO6. The topological polar surface area (TPSA) is 95.0 Å². The second-order valence-electron chi connectivity index (χ2n) is 7.71. The molecule has 2 heterocycles. The molecule has 29 heavy (non-hydrogen) atoms. The molecule has 0 radical (unpaired) electrons. The van der Waals surface area contributed by atoms with E-state index in [1.807, 2.05) is 30.3 Å². The molecule has 1 atom stereocenters. The van der Waals surface area contributed by atoms with Crippen LogP contribution in [0.3, 0.4) is 0 Å². The number of aromatic nitrogens is 1. The van der Waals surface area contributed by atoms with Crippen molar-refractivity contribution in [1.29, 1.82) is 0 Å². The zero-order valence-electron chi connectivity index (χ0n) is 17.0. The molecule has 1 saturated heterocycles. The van der Waals surface area contributed by atoms with Crippen molar-refractivity contribution >= 4 is 28.9 Å². The molecule has 3 rings (SSSR count). The van der Waals surface area contributed by atoms with E-state index in [0.29, 0.717) is 5.69 Å². The summed E-state index contributed by atoms with van der Waals surface area (Å²) < 4.78 is 16.3. The van der Waals surface area contributed by atoms with Crippen LogP contribution in [0.25, 0.3) is 17.0 Å². The van der Waals surface area contributed by atoms with Gasteiger partial charge >= 0.3 is 11.9 Å². The van der Waals surface area contributed by atoms with E-state index >= 15 is 0 Å². The van der Waals surface area contributed by atoms with Gasteiger partial charge in [-0.25, -0.2) is 4.98 Å². The van der Waals surface area contributed by atoms with Crippen LogP contribution < -0.4 is 0 Å². The number of hydrogen-bond donors (Lipinski definition) is 1. The molecule has 0 spiro atoms. The number of rotatable bonds is 5. The Labute approximate surface area is 169 Å². The average molecular weight is 399 g/mol. The van der Waals surface area contributed by atoms with E-state index < -0.39 is 23.3 Å². The van der Waals surface area contributed by atoms with Gasteiger partial charge in [0.25, 0.3) is 0 Å². The lowest BCUT2D eigenvalue weighted by Gasteiger charge is -2.39. The number of hydrogen-bond acceptors (Lipinski definition) is 6. The van der Waals surface area contributed by atoms with E-state index in [2.05, 4.69) is 4.98 Å². The molecule has 0 unspecified atom stereocenters. The van der Waals surface area contributed by atoms with Crippen LogP contribution in [-0.2, 0) is 23.8 Å². The molecule has 0 amide bonds. The van der Waals surface area contributed by atoms with Crippen LogP contribution in [0.15, 0.2) is 36.4 Å². The summed E-state index contributed by atoms with van der Waals surface area (Å²) in [5.41, 5.74) is 0.925.